The van der Waals surface area contributed by atoms with Crippen molar-refractivity contribution < 1.29 is 33.6 Å². The minimum absolute atomic E-state index is 0.0464. The monoisotopic (exact) mass is 390 g/mol. The summed E-state index contributed by atoms with van der Waals surface area (Å²) in [5.41, 5.74) is 0.916. The number of nitrogens with one attached hydrogen (secondary N) is 2. The van der Waals surface area contributed by atoms with Crippen LogP contribution in [0.2, 0.25) is 0 Å². The van der Waals surface area contributed by atoms with Crippen molar-refractivity contribution in [3.63, 3.8) is 0 Å². The smallest absolute Gasteiger partial charge is 0.241 e. The van der Waals surface area contributed by atoms with Gasteiger partial charge in [0.2, 0.25) is 10.0 Å². The fourth-order valence-electron chi connectivity index (χ4n) is 2.67. The molecule has 1 aliphatic rings. The van der Waals surface area contributed by atoms with Crippen molar-refractivity contribution in [3.05, 3.63) is 29.8 Å². The van der Waals surface area contributed by atoms with E-state index in [0.29, 0.717) is 6.54 Å². The lowest BCUT2D eigenvalue weighted by atomic mass is 9.98. The van der Waals surface area contributed by atoms with Gasteiger partial charge in [0.05, 0.1) is 11.5 Å². The van der Waals surface area contributed by atoms with Gasteiger partial charge in [0.15, 0.2) is 6.29 Å². The molecule has 5 atom stereocenters. The summed E-state index contributed by atoms with van der Waals surface area (Å²) in [5, 5.41) is 42.0. The van der Waals surface area contributed by atoms with Gasteiger partial charge in [0.25, 0.3) is 0 Å². The number of sulfonamides is 1. The van der Waals surface area contributed by atoms with Crippen molar-refractivity contribution in [2.24, 2.45) is 0 Å². The van der Waals surface area contributed by atoms with Crippen LogP contribution >= 0.6 is 0 Å². The Morgan fingerprint density at radius 3 is 2.35 bits per heavy atom. The van der Waals surface area contributed by atoms with E-state index >= 15 is 0 Å². The van der Waals surface area contributed by atoms with Crippen LogP contribution in [0.5, 0.6) is 0 Å². The highest BCUT2D eigenvalue weighted by Crippen LogP contribution is 2.22. The maximum atomic E-state index is 12.5. The highest BCUT2D eigenvalue weighted by Gasteiger charge is 2.45. The Morgan fingerprint density at radius 1 is 1.12 bits per heavy atom. The first-order valence-electron chi connectivity index (χ1n) is 8.42. The second-order valence-corrected chi connectivity index (χ2v) is 7.91. The van der Waals surface area contributed by atoms with Gasteiger partial charge >= 0.3 is 0 Å². The molecule has 1 saturated heterocycles. The van der Waals surface area contributed by atoms with E-state index in [-0.39, 0.29) is 4.90 Å². The summed E-state index contributed by atoms with van der Waals surface area (Å²) in [6.45, 7) is 2.90. The predicted octanol–water partition coefficient (Wildman–Crippen LogP) is -1.74. The molecule has 0 radical (unpaired) electrons. The van der Waals surface area contributed by atoms with Gasteiger partial charge in [-0.25, -0.2) is 13.1 Å². The van der Waals surface area contributed by atoms with E-state index in [9.17, 15) is 23.7 Å². The molecule has 0 aliphatic carbocycles. The minimum atomic E-state index is -4.06. The van der Waals surface area contributed by atoms with Crippen LogP contribution in [-0.4, -0.2) is 72.6 Å². The highest BCUT2D eigenvalue weighted by molar-refractivity contribution is 7.89. The van der Waals surface area contributed by atoms with Gasteiger partial charge in [0, 0.05) is 6.54 Å². The standard InChI is InChI=1S/C16H26N2O7S/c1-2-7-17-8-10-3-5-11(6-4-10)26(23,24)18-13-15(21)14(20)12(9-19)25-16(13)22/h3-6,12-22H,2,7-9H2,1H3. The molecule has 0 saturated carbocycles. The second-order valence-electron chi connectivity index (χ2n) is 6.20. The molecular formula is C16H26N2O7S. The summed E-state index contributed by atoms with van der Waals surface area (Å²) in [6, 6.07) is 4.70. The topological polar surface area (TPSA) is 148 Å². The van der Waals surface area contributed by atoms with Gasteiger partial charge in [-0.2, -0.15) is 0 Å². The summed E-state index contributed by atoms with van der Waals surface area (Å²) < 4.78 is 32.1. The molecule has 0 amide bonds. The van der Waals surface area contributed by atoms with Gasteiger partial charge in [-0.1, -0.05) is 19.1 Å². The normalized spacial score (nSPS) is 29.7. The van der Waals surface area contributed by atoms with Gasteiger partial charge < -0.3 is 30.5 Å². The van der Waals surface area contributed by atoms with E-state index in [1.165, 1.54) is 12.1 Å². The minimum Gasteiger partial charge on any atom is -0.394 e. The number of benzene rings is 1. The molecule has 10 heteroatoms. The number of hydrogen-bond donors (Lipinski definition) is 6. The van der Waals surface area contributed by atoms with E-state index in [4.69, 9.17) is 9.84 Å². The Balaban J connectivity index is 2.08. The molecule has 0 bridgehead atoms. The third-order valence-corrected chi connectivity index (χ3v) is 5.66. The average molecular weight is 390 g/mol. The molecule has 1 fully saturated rings. The molecule has 1 aliphatic heterocycles. The van der Waals surface area contributed by atoms with Crippen LogP contribution in [0.25, 0.3) is 0 Å². The van der Waals surface area contributed by atoms with Crippen LogP contribution in [0, 0.1) is 0 Å². The summed E-state index contributed by atoms with van der Waals surface area (Å²) in [4.78, 5) is -0.0464. The van der Waals surface area contributed by atoms with Crippen molar-refractivity contribution in [1.82, 2.24) is 10.0 Å². The lowest BCUT2D eigenvalue weighted by Crippen LogP contribution is -2.64. The fraction of sp³-hybridized carbons (Fsp3) is 0.625. The van der Waals surface area contributed by atoms with Crippen LogP contribution < -0.4 is 10.0 Å². The number of hydrogen-bond acceptors (Lipinski definition) is 8. The molecule has 0 spiro atoms. The summed E-state index contributed by atoms with van der Waals surface area (Å²) >= 11 is 0. The molecule has 0 aromatic heterocycles. The lowest BCUT2D eigenvalue weighted by molar-refractivity contribution is -0.251. The first-order chi connectivity index (χ1) is 12.3. The van der Waals surface area contributed by atoms with E-state index in [1.807, 2.05) is 6.92 Å². The molecule has 148 valence electrons. The molecule has 1 aromatic carbocycles. The zero-order valence-electron chi connectivity index (χ0n) is 14.4. The third-order valence-electron chi connectivity index (χ3n) is 4.18. The maximum Gasteiger partial charge on any atom is 0.241 e. The van der Waals surface area contributed by atoms with Crippen LogP contribution in [0.1, 0.15) is 18.9 Å². The summed E-state index contributed by atoms with van der Waals surface area (Å²) in [6.07, 6.45) is -5.09. The predicted molar refractivity (Wildman–Crippen MR) is 92.5 cm³/mol. The van der Waals surface area contributed by atoms with E-state index < -0.39 is 47.3 Å². The van der Waals surface area contributed by atoms with Crippen molar-refractivity contribution in [1.29, 1.82) is 0 Å². The number of aliphatic hydroxyl groups excluding tert-OH is 4. The molecule has 1 heterocycles. The Bertz CT molecular complexity index is 668. The van der Waals surface area contributed by atoms with Crippen molar-refractivity contribution in [2.45, 2.75) is 55.4 Å². The van der Waals surface area contributed by atoms with E-state index in [0.717, 1.165) is 18.5 Å². The summed E-state index contributed by atoms with van der Waals surface area (Å²) in [7, 11) is -4.06. The highest BCUT2D eigenvalue weighted by atomic mass is 32.2. The average Bonchev–Trinajstić information content (AvgIpc) is 2.62. The summed E-state index contributed by atoms with van der Waals surface area (Å²) in [5.74, 6) is 0. The van der Waals surface area contributed by atoms with Gasteiger partial charge in [-0.3, -0.25) is 0 Å². The fourth-order valence-corrected chi connectivity index (χ4v) is 3.91. The van der Waals surface area contributed by atoms with Crippen LogP contribution in [-0.2, 0) is 21.3 Å². The van der Waals surface area contributed by atoms with Crippen molar-refractivity contribution in [2.75, 3.05) is 13.2 Å². The van der Waals surface area contributed by atoms with Gasteiger partial charge in [-0.15, -0.1) is 0 Å². The third kappa shape index (κ3) is 4.99. The second kappa shape index (κ2) is 9.20. The van der Waals surface area contributed by atoms with Gasteiger partial charge in [0.1, 0.15) is 24.4 Å². The molecule has 6 N–H and O–H groups in total. The van der Waals surface area contributed by atoms with E-state index in [1.54, 1.807) is 12.1 Å². The zero-order valence-corrected chi connectivity index (χ0v) is 15.3. The first kappa shape index (κ1) is 21.2. The Morgan fingerprint density at radius 2 is 1.77 bits per heavy atom. The number of aliphatic hydroxyl groups is 4. The molecule has 26 heavy (non-hydrogen) atoms. The quantitative estimate of drug-likeness (QED) is 0.287. The van der Waals surface area contributed by atoms with Crippen molar-refractivity contribution in [3.8, 4) is 0 Å². The van der Waals surface area contributed by atoms with Crippen LogP contribution in [0.15, 0.2) is 29.2 Å². The van der Waals surface area contributed by atoms with Crippen LogP contribution in [0.4, 0.5) is 0 Å². The van der Waals surface area contributed by atoms with Crippen molar-refractivity contribution >= 4 is 10.0 Å². The number of rotatable bonds is 8. The van der Waals surface area contributed by atoms with E-state index in [2.05, 4.69) is 10.0 Å². The number of ether oxygens (including phenoxy) is 1. The zero-order chi connectivity index (χ0) is 19.3. The molecule has 2 rings (SSSR count). The largest absolute Gasteiger partial charge is 0.394 e. The first-order valence-corrected chi connectivity index (χ1v) is 9.91. The lowest BCUT2D eigenvalue weighted by Gasteiger charge is -2.40. The molecular weight excluding hydrogens is 364 g/mol. The SMILES string of the molecule is CCCNCc1ccc(S(=O)(=O)NC2C(O)OC(CO)C(O)C2O)cc1. The molecule has 5 unspecified atom stereocenters. The molecule has 9 nitrogen and oxygen atoms in total. The maximum absolute atomic E-state index is 12.5. The molecule has 1 aromatic rings. The van der Waals surface area contributed by atoms with Crippen LogP contribution in [0.3, 0.4) is 0 Å². The Hall–Kier alpha value is -1.11. The Kier molecular flexibility index (Phi) is 7.50. The van der Waals surface area contributed by atoms with Gasteiger partial charge in [-0.05, 0) is 30.7 Å². The Labute approximate surface area is 152 Å².